The topological polar surface area (TPSA) is 63.6 Å². The van der Waals surface area contributed by atoms with Crippen molar-refractivity contribution < 1.29 is 17.2 Å². The third-order valence-corrected chi connectivity index (χ3v) is 2.79. The highest BCUT2D eigenvalue weighted by Gasteiger charge is 2.07. The Balaban J connectivity index is 3.45. The van der Waals surface area contributed by atoms with E-state index in [1.54, 1.807) is 0 Å². The van der Waals surface area contributed by atoms with Crippen LogP contribution in [0.3, 0.4) is 0 Å². The number of hydrogen-bond acceptors (Lipinski definition) is 3. The fraction of sp³-hybridized carbons (Fsp3) is 1.00. The molecule has 0 aliphatic carbocycles. The quantitative estimate of drug-likeness (QED) is 0.660. The Kier molecular flexibility index (Phi) is 7.13. The Bertz CT molecular complexity index is 246. The van der Waals surface area contributed by atoms with Gasteiger partial charge in [-0.15, -0.1) is 0 Å². The molecular formula is C10H22O4S. The first kappa shape index (κ1) is 14.9. The molecule has 0 amide bonds. The summed E-state index contributed by atoms with van der Waals surface area (Å²) in [6.07, 6.45) is 4.10. The Morgan fingerprint density at radius 2 is 1.73 bits per heavy atom. The summed E-state index contributed by atoms with van der Waals surface area (Å²) >= 11 is 0. The van der Waals surface area contributed by atoms with E-state index in [0.717, 1.165) is 12.8 Å². The molecule has 0 spiro atoms. The van der Waals surface area contributed by atoms with Crippen molar-refractivity contribution in [2.45, 2.75) is 46.5 Å². The molecule has 0 fully saturated rings. The van der Waals surface area contributed by atoms with Gasteiger partial charge in [0.15, 0.2) is 0 Å². The number of hydrogen-bond donors (Lipinski definition) is 1. The third kappa shape index (κ3) is 11.8. The molecule has 0 aliphatic rings. The molecule has 0 aromatic rings. The van der Waals surface area contributed by atoms with Crippen LogP contribution in [0.5, 0.6) is 0 Å². The van der Waals surface area contributed by atoms with E-state index in [0.29, 0.717) is 18.3 Å². The summed E-state index contributed by atoms with van der Waals surface area (Å²) in [5.41, 5.74) is 0. The molecule has 15 heavy (non-hydrogen) atoms. The van der Waals surface area contributed by atoms with Gasteiger partial charge in [-0.3, -0.25) is 4.55 Å². The Morgan fingerprint density at radius 1 is 1.13 bits per heavy atom. The van der Waals surface area contributed by atoms with Crippen LogP contribution in [-0.4, -0.2) is 19.6 Å². The lowest BCUT2D eigenvalue weighted by Gasteiger charge is -2.11. The van der Waals surface area contributed by atoms with Crippen molar-refractivity contribution >= 4 is 10.4 Å². The van der Waals surface area contributed by atoms with E-state index in [9.17, 15) is 8.42 Å². The lowest BCUT2D eigenvalue weighted by atomic mass is 9.98. The average Bonchev–Trinajstić information content (AvgIpc) is 2.00. The van der Waals surface area contributed by atoms with Crippen molar-refractivity contribution in [3.8, 4) is 0 Å². The van der Waals surface area contributed by atoms with E-state index >= 15 is 0 Å². The number of rotatable bonds is 8. The first-order chi connectivity index (χ1) is 6.81. The van der Waals surface area contributed by atoms with Crippen molar-refractivity contribution in [1.29, 1.82) is 0 Å². The van der Waals surface area contributed by atoms with Crippen molar-refractivity contribution in [3.63, 3.8) is 0 Å². The molecule has 0 radical (unpaired) electrons. The van der Waals surface area contributed by atoms with E-state index in [4.69, 9.17) is 4.55 Å². The fourth-order valence-corrected chi connectivity index (χ4v) is 1.68. The largest absolute Gasteiger partial charge is 0.397 e. The van der Waals surface area contributed by atoms with E-state index in [-0.39, 0.29) is 6.61 Å². The zero-order chi connectivity index (χ0) is 11.9. The predicted octanol–water partition coefficient (Wildman–Crippen LogP) is 2.66. The van der Waals surface area contributed by atoms with Gasteiger partial charge in [0.2, 0.25) is 0 Å². The van der Waals surface area contributed by atoms with Gasteiger partial charge in [0.05, 0.1) is 6.61 Å². The molecule has 0 bridgehead atoms. The first-order valence-corrected chi connectivity index (χ1v) is 6.79. The van der Waals surface area contributed by atoms with E-state index in [1.807, 2.05) is 0 Å². The summed E-state index contributed by atoms with van der Waals surface area (Å²) in [7, 11) is -4.25. The lowest BCUT2D eigenvalue weighted by molar-refractivity contribution is 0.244. The van der Waals surface area contributed by atoms with Gasteiger partial charge in [0.1, 0.15) is 0 Å². The van der Waals surface area contributed by atoms with Crippen LogP contribution >= 0.6 is 0 Å². The van der Waals surface area contributed by atoms with Crippen molar-refractivity contribution in [2.24, 2.45) is 11.8 Å². The van der Waals surface area contributed by atoms with Crippen LogP contribution in [0.15, 0.2) is 0 Å². The Hall–Kier alpha value is -0.130. The zero-order valence-corrected chi connectivity index (χ0v) is 10.6. The third-order valence-electron chi connectivity index (χ3n) is 2.32. The summed E-state index contributed by atoms with van der Waals surface area (Å²) in [4.78, 5) is 0. The van der Waals surface area contributed by atoms with Crippen molar-refractivity contribution in [3.05, 3.63) is 0 Å². The van der Waals surface area contributed by atoms with Crippen LogP contribution in [0.4, 0.5) is 0 Å². The van der Waals surface area contributed by atoms with Gasteiger partial charge < -0.3 is 0 Å². The van der Waals surface area contributed by atoms with Crippen LogP contribution < -0.4 is 0 Å². The van der Waals surface area contributed by atoms with E-state index < -0.39 is 10.4 Å². The summed E-state index contributed by atoms with van der Waals surface area (Å²) < 4.78 is 33.1. The van der Waals surface area contributed by atoms with Crippen LogP contribution in [0.1, 0.15) is 46.5 Å². The molecule has 5 heteroatoms. The molecule has 1 atom stereocenters. The maximum Gasteiger partial charge on any atom is 0.397 e. The molecule has 0 aromatic heterocycles. The van der Waals surface area contributed by atoms with Gasteiger partial charge >= 0.3 is 10.4 Å². The Labute approximate surface area is 93.0 Å². The molecule has 0 aromatic carbocycles. The fourth-order valence-electron chi connectivity index (χ4n) is 1.37. The highest BCUT2D eigenvalue weighted by Crippen LogP contribution is 2.15. The first-order valence-electron chi connectivity index (χ1n) is 5.43. The molecule has 4 nitrogen and oxygen atoms in total. The standard InChI is InChI=1S/C10H22O4S/c1-9(2)5-4-6-10(3)7-8-14-15(11,12)13/h9-10H,4-8H2,1-3H3,(H,11,12,13). The van der Waals surface area contributed by atoms with Crippen LogP contribution in [0, 0.1) is 11.8 Å². The lowest BCUT2D eigenvalue weighted by Crippen LogP contribution is -2.08. The van der Waals surface area contributed by atoms with Gasteiger partial charge in [-0.1, -0.05) is 40.0 Å². The zero-order valence-electron chi connectivity index (χ0n) is 9.77. The maximum atomic E-state index is 10.2. The summed E-state index contributed by atoms with van der Waals surface area (Å²) in [5.74, 6) is 1.15. The highest BCUT2D eigenvalue weighted by atomic mass is 32.3. The second-order valence-corrected chi connectivity index (χ2v) is 5.56. The molecule has 0 heterocycles. The molecule has 1 N–H and O–H groups in total. The summed E-state index contributed by atoms with van der Waals surface area (Å²) in [5, 5.41) is 0. The molecule has 0 aliphatic heterocycles. The van der Waals surface area contributed by atoms with Crippen LogP contribution in [-0.2, 0) is 14.6 Å². The van der Waals surface area contributed by atoms with Gasteiger partial charge in [-0.05, 0) is 18.3 Å². The van der Waals surface area contributed by atoms with Gasteiger partial charge in [0, 0.05) is 0 Å². The second kappa shape index (κ2) is 7.19. The minimum atomic E-state index is -4.25. The molecule has 0 rings (SSSR count). The van der Waals surface area contributed by atoms with E-state index in [1.165, 1.54) is 6.42 Å². The molecular weight excluding hydrogens is 216 g/mol. The van der Waals surface area contributed by atoms with Gasteiger partial charge in [0.25, 0.3) is 0 Å². The smallest absolute Gasteiger partial charge is 0.264 e. The maximum absolute atomic E-state index is 10.2. The monoisotopic (exact) mass is 238 g/mol. The van der Waals surface area contributed by atoms with Crippen LogP contribution in [0.2, 0.25) is 0 Å². The van der Waals surface area contributed by atoms with Crippen LogP contribution in [0.25, 0.3) is 0 Å². The normalized spacial score (nSPS) is 14.5. The summed E-state index contributed by atoms with van der Waals surface area (Å²) in [6.45, 7) is 6.51. The highest BCUT2D eigenvalue weighted by molar-refractivity contribution is 7.80. The SMILES string of the molecule is CC(C)CCCC(C)CCOS(=O)(=O)O. The minimum Gasteiger partial charge on any atom is -0.264 e. The molecule has 92 valence electrons. The minimum absolute atomic E-state index is 0.0711. The Morgan fingerprint density at radius 3 is 2.20 bits per heavy atom. The van der Waals surface area contributed by atoms with Gasteiger partial charge in [-0.2, -0.15) is 8.42 Å². The van der Waals surface area contributed by atoms with Crippen molar-refractivity contribution in [2.75, 3.05) is 6.61 Å². The average molecular weight is 238 g/mol. The predicted molar refractivity (Wildman–Crippen MR) is 60.0 cm³/mol. The summed E-state index contributed by atoms with van der Waals surface area (Å²) in [6, 6.07) is 0. The second-order valence-electron chi connectivity index (χ2n) is 4.47. The molecule has 0 saturated heterocycles. The molecule has 1 unspecified atom stereocenters. The van der Waals surface area contributed by atoms with E-state index in [2.05, 4.69) is 25.0 Å². The molecule has 0 saturated carbocycles. The van der Waals surface area contributed by atoms with Gasteiger partial charge in [-0.25, -0.2) is 4.18 Å². The van der Waals surface area contributed by atoms with Crippen molar-refractivity contribution in [1.82, 2.24) is 0 Å².